The summed E-state index contributed by atoms with van der Waals surface area (Å²) in [6, 6.07) is 8.06. The first-order valence-electron chi connectivity index (χ1n) is 7.41. The van der Waals surface area contributed by atoms with Crippen LogP contribution in [0.5, 0.6) is 5.75 Å². The molecule has 1 aliphatic rings. The van der Waals surface area contributed by atoms with Crippen molar-refractivity contribution in [1.29, 1.82) is 0 Å². The van der Waals surface area contributed by atoms with Gasteiger partial charge in [0.2, 0.25) is 0 Å². The number of nitrogens with zero attached hydrogens (tertiary/aromatic N) is 1. The Kier molecular flexibility index (Phi) is 4.36. The van der Waals surface area contributed by atoms with Crippen molar-refractivity contribution in [2.75, 3.05) is 19.1 Å². The number of aliphatic hydroxyl groups excluding tert-OH is 1. The van der Waals surface area contributed by atoms with E-state index in [0.717, 1.165) is 28.4 Å². The Labute approximate surface area is 134 Å². The third-order valence-corrected chi connectivity index (χ3v) is 5.16. The van der Waals surface area contributed by atoms with Crippen molar-refractivity contribution < 1.29 is 14.3 Å². The van der Waals surface area contributed by atoms with Gasteiger partial charge in [-0.05, 0) is 45.0 Å². The fourth-order valence-corrected chi connectivity index (χ4v) is 3.82. The van der Waals surface area contributed by atoms with E-state index in [1.165, 1.54) is 10.6 Å². The number of furan rings is 1. The number of allylic oxidation sites excluding steroid dienone is 1. The molecule has 1 atom stereocenters. The largest absolute Gasteiger partial charge is 0.488 e. The van der Waals surface area contributed by atoms with E-state index in [0.29, 0.717) is 6.61 Å². The molecule has 1 unspecified atom stereocenters. The number of aryl methyl sites for hydroxylation is 1. The third kappa shape index (κ3) is 2.96. The molecule has 0 fully saturated rings. The predicted molar refractivity (Wildman–Crippen MR) is 90.0 cm³/mol. The quantitative estimate of drug-likeness (QED) is 0.909. The molecule has 0 radical (unpaired) electrons. The van der Waals surface area contributed by atoms with Gasteiger partial charge in [0.1, 0.15) is 23.7 Å². The molecule has 118 valence electrons. The minimum atomic E-state index is 0.148. The molecule has 4 nitrogen and oxygen atoms in total. The molecule has 0 saturated carbocycles. The summed E-state index contributed by atoms with van der Waals surface area (Å²) < 4.78 is 11.5. The smallest absolute Gasteiger partial charge is 0.134 e. The molecule has 1 aromatic carbocycles. The van der Waals surface area contributed by atoms with E-state index in [1.807, 2.05) is 38.1 Å². The molecule has 0 saturated heterocycles. The Morgan fingerprint density at radius 3 is 2.95 bits per heavy atom. The molecule has 1 N–H and O–H groups in total. The first-order chi connectivity index (χ1) is 10.6. The zero-order chi connectivity index (χ0) is 15.7. The summed E-state index contributed by atoms with van der Waals surface area (Å²) in [5.74, 6) is 2.64. The van der Waals surface area contributed by atoms with Gasteiger partial charge in [0.25, 0.3) is 0 Å². The van der Waals surface area contributed by atoms with Crippen LogP contribution in [0.25, 0.3) is 11.0 Å². The van der Waals surface area contributed by atoms with Crippen LogP contribution in [-0.2, 0) is 0 Å². The highest BCUT2D eigenvalue weighted by Gasteiger charge is 2.23. The number of ether oxygens (including phenoxy) is 1. The Bertz CT molecular complexity index is 707. The van der Waals surface area contributed by atoms with Crippen molar-refractivity contribution in [1.82, 2.24) is 4.90 Å². The van der Waals surface area contributed by atoms with E-state index in [1.54, 1.807) is 11.8 Å². The van der Waals surface area contributed by atoms with Gasteiger partial charge in [0.05, 0.1) is 12.5 Å². The van der Waals surface area contributed by atoms with Crippen LogP contribution in [0, 0.1) is 6.92 Å². The van der Waals surface area contributed by atoms with E-state index >= 15 is 0 Å². The van der Waals surface area contributed by atoms with Crippen LogP contribution >= 0.6 is 11.8 Å². The van der Waals surface area contributed by atoms with Gasteiger partial charge in [0, 0.05) is 22.0 Å². The monoisotopic (exact) mass is 319 g/mol. The molecule has 1 aromatic heterocycles. The number of rotatable bonds is 5. The summed E-state index contributed by atoms with van der Waals surface area (Å²) in [5, 5.41) is 10.4. The Balaban J connectivity index is 1.69. The van der Waals surface area contributed by atoms with Gasteiger partial charge in [0.15, 0.2) is 0 Å². The number of aliphatic hydroxyl groups is 1. The molecule has 0 spiro atoms. The maximum absolute atomic E-state index is 9.30. The Morgan fingerprint density at radius 2 is 2.18 bits per heavy atom. The highest BCUT2D eigenvalue weighted by atomic mass is 32.2. The second kappa shape index (κ2) is 6.26. The molecule has 3 rings (SSSR count). The van der Waals surface area contributed by atoms with Crippen molar-refractivity contribution in [3.63, 3.8) is 0 Å². The van der Waals surface area contributed by atoms with Gasteiger partial charge in [-0.1, -0.05) is 0 Å². The number of hydrogen-bond acceptors (Lipinski definition) is 5. The van der Waals surface area contributed by atoms with Crippen molar-refractivity contribution in [3.8, 4) is 5.75 Å². The summed E-state index contributed by atoms with van der Waals surface area (Å²) in [5.41, 5.74) is 2.09. The van der Waals surface area contributed by atoms with Crippen molar-refractivity contribution in [2.45, 2.75) is 26.8 Å². The molecule has 0 bridgehead atoms. The van der Waals surface area contributed by atoms with Crippen LogP contribution in [0.4, 0.5) is 0 Å². The zero-order valence-corrected chi connectivity index (χ0v) is 13.9. The molecular weight excluding hydrogens is 298 g/mol. The van der Waals surface area contributed by atoms with Gasteiger partial charge >= 0.3 is 0 Å². The lowest BCUT2D eigenvalue weighted by atomic mass is 10.2. The molecule has 0 amide bonds. The van der Waals surface area contributed by atoms with Gasteiger partial charge in [-0.3, -0.25) is 0 Å². The Morgan fingerprint density at radius 1 is 1.36 bits per heavy atom. The van der Waals surface area contributed by atoms with E-state index in [-0.39, 0.29) is 12.6 Å². The highest BCUT2D eigenvalue weighted by Crippen LogP contribution is 2.34. The minimum absolute atomic E-state index is 0.148. The molecule has 2 aromatic rings. The summed E-state index contributed by atoms with van der Waals surface area (Å²) in [6.07, 6.45) is 0. The van der Waals surface area contributed by atoms with E-state index in [4.69, 9.17) is 9.15 Å². The minimum Gasteiger partial charge on any atom is -0.488 e. The molecule has 5 heteroatoms. The van der Waals surface area contributed by atoms with Gasteiger partial charge < -0.3 is 19.2 Å². The van der Waals surface area contributed by atoms with Crippen molar-refractivity contribution in [2.24, 2.45) is 0 Å². The lowest BCUT2D eigenvalue weighted by Crippen LogP contribution is -2.31. The predicted octanol–water partition coefficient (Wildman–Crippen LogP) is 3.74. The van der Waals surface area contributed by atoms with Crippen LogP contribution in [0.15, 0.2) is 39.3 Å². The maximum atomic E-state index is 9.30. The molecule has 0 aliphatic carbocycles. The summed E-state index contributed by atoms with van der Waals surface area (Å²) in [4.78, 5) is 3.44. The first kappa shape index (κ1) is 15.3. The van der Waals surface area contributed by atoms with Crippen LogP contribution in [-0.4, -0.2) is 35.1 Å². The third-order valence-electron chi connectivity index (χ3n) is 3.99. The average molecular weight is 319 g/mol. The fraction of sp³-hybridized carbons (Fsp3) is 0.412. The van der Waals surface area contributed by atoms with Crippen LogP contribution in [0.3, 0.4) is 0 Å². The summed E-state index contributed by atoms with van der Waals surface area (Å²) in [6.45, 7) is 6.80. The maximum Gasteiger partial charge on any atom is 0.134 e. The normalized spacial score (nSPS) is 16.6. The topological polar surface area (TPSA) is 45.8 Å². The molecule has 2 heterocycles. The molecular formula is C17H21NO3S. The van der Waals surface area contributed by atoms with Crippen LogP contribution < -0.4 is 4.74 Å². The van der Waals surface area contributed by atoms with E-state index < -0.39 is 0 Å². The van der Waals surface area contributed by atoms with Gasteiger partial charge in [-0.15, -0.1) is 11.8 Å². The number of thioether (sulfide) groups is 1. The Hall–Kier alpha value is -1.59. The number of fused-ring (bicyclic) bond motifs is 1. The first-order valence-corrected chi connectivity index (χ1v) is 8.40. The second-order valence-electron chi connectivity index (χ2n) is 5.63. The number of hydrogen-bond donors (Lipinski definition) is 1. The van der Waals surface area contributed by atoms with Gasteiger partial charge in [-0.2, -0.15) is 0 Å². The molecule has 22 heavy (non-hydrogen) atoms. The number of benzene rings is 1. The van der Waals surface area contributed by atoms with E-state index in [9.17, 15) is 5.11 Å². The molecule has 1 aliphatic heterocycles. The summed E-state index contributed by atoms with van der Waals surface area (Å²) >= 11 is 1.78. The fourth-order valence-electron chi connectivity index (χ4n) is 2.60. The SMILES string of the molecule is CC1=C(COc2ccc3oc(C)cc3c2)SCN1C(C)CO. The summed E-state index contributed by atoms with van der Waals surface area (Å²) in [7, 11) is 0. The average Bonchev–Trinajstić information content (AvgIpc) is 3.05. The highest BCUT2D eigenvalue weighted by molar-refractivity contribution is 8.03. The standard InChI is InChI=1S/C17H21NO3S/c1-11(8-19)18-10-22-17(13(18)3)9-20-15-4-5-16-14(7-15)6-12(2)21-16/h4-7,11,19H,8-10H2,1-3H3. The van der Waals surface area contributed by atoms with Crippen LogP contribution in [0.1, 0.15) is 19.6 Å². The van der Waals surface area contributed by atoms with Gasteiger partial charge in [-0.25, -0.2) is 0 Å². The zero-order valence-electron chi connectivity index (χ0n) is 13.1. The van der Waals surface area contributed by atoms with Crippen LogP contribution in [0.2, 0.25) is 0 Å². The second-order valence-corrected chi connectivity index (χ2v) is 6.67. The van der Waals surface area contributed by atoms with Crippen molar-refractivity contribution >= 4 is 22.7 Å². The lowest BCUT2D eigenvalue weighted by molar-refractivity contribution is 0.183. The van der Waals surface area contributed by atoms with E-state index in [2.05, 4.69) is 11.8 Å². The lowest BCUT2D eigenvalue weighted by Gasteiger charge is -2.25. The van der Waals surface area contributed by atoms with Crippen molar-refractivity contribution in [3.05, 3.63) is 40.6 Å².